The minimum Gasteiger partial charge on any atom is -0.543 e. The van der Waals surface area contributed by atoms with Crippen LogP contribution in [-0.2, 0) is 13.5 Å². The van der Waals surface area contributed by atoms with Gasteiger partial charge < -0.3 is 29.4 Å². The van der Waals surface area contributed by atoms with Gasteiger partial charge in [-0.1, -0.05) is 19.8 Å². The van der Waals surface area contributed by atoms with Gasteiger partial charge in [-0.05, 0) is 31.4 Å². The number of unbranched alkanes of at least 4 members (excludes halogenated alkanes) is 2. The Hall–Kier alpha value is -3.42. The van der Waals surface area contributed by atoms with Crippen LogP contribution in [0.5, 0.6) is 0 Å². The number of rotatable bonds is 6. The van der Waals surface area contributed by atoms with Crippen LogP contribution in [0.1, 0.15) is 58.3 Å². The van der Waals surface area contributed by atoms with E-state index in [0.29, 0.717) is 12.0 Å². The molecule has 0 aliphatic heterocycles. The van der Waals surface area contributed by atoms with Crippen molar-refractivity contribution < 1.29 is 19.8 Å². The molecule has 0 saturated heterocycles. The Balaban J connectivity index is 2.57. The van der Waals surface area contributed by atoms with Crippen molar-refractivity contribution in [2.45, 2.75) is 39.5 Å². The molecule has 1 N–H and O–H groups in total. The van der Waals surface area contributed by atoms with E-state index < -0.39 is 22.8 Å². The number of fused-ring (bicyclic) bond motifs is 3. The number of hydrogen-bond donors (Lipinski definition) is 1. The summed E-state index contributed by atoms with van der Waals surface area (Å²) in [4.78, 5) is 51.4. The lowest BCUT2D eigenvalue weighted by Gasteiger charge is -2.19. The number of carboxylic acid groups (broad SMARTS) is 2. The number of carbonyl (C=O) groups is 2. The first kappa shape index (κ1) is 20.3. The first-order chi connectivity index (χ1) is 13.7. The van der Waals surface area contributed by atoms with Crippen LogP contribution < -0.4 is 21.1 Å². The van der Waals surface area contributed by atoms with Gasteiger partial charge in [-0.3, -0.25) is 9.59 Å². The van der Waals surface area contributed by atoms with Crippen molar-refractivity contribution >= 4 is 33.7 Å². The van der Waals surface area contributed by atoms with Gasteiger partial charge in [0.1, 0.15) is 0 Å². The molecule has 152 valence electrons. The fourth-order valence-electron chi connectivity index (χ4n) is 3.84. The molecule has 8 nitrogen and oxygen atoms in total. The van der Waals surface area contributed by atoms with Gasteiger partial charge >= 0.3 is 0 Å². The minimum atomic E-state index is -1.54. The molecule has 0 amide bonds. The van der Waals surface area contributed by atoms with E-state index in [4.69, 9.17) is 0 Å². The third kappa shape index (κ3) is 3.30. The lowest BCUT2D eigenvalue weighted by molar-refractivity contribution is -0.256. The molecule has 0 unspecified atom stereocenters. The van der Waals surface area contributed by atoms with Crippen molar-refractivity contribution in [3.05, 3.63) is 55.1 Å². The molecular weight excluding hydrogens is 376 g/mol. The van der Waals surface area contributed by atoms with Gasteiger partial charge in [-0.15, -0.1) is 0 Å². The van der Waals surface area contributed by atoms with Gasteiger partial charge in [0.15, 0.2) is 10.9 Å². The van der Waals surface area contributed by atoms with Gasteiger partial charge in [0.05, 0.1) is 39.7 Å². The molecule has 0 aliphatic rings. The highest BCUT2D eigenvalue weighted by Gasteiger charge is 2.19. The highest BCUT2D eigenvalue weighted by Crippen LogP contribution is 2.27. The summed E-state index contributed by atoms with van der Waals surface area (Å²) in [6, 6.07) is 2.49. The van der Waals surface area contributed by atoms with Gasteiger partial charge in [-0.25, -0.2) is 0 Å². The molecule has 2 heterocycles. The Morgan fingerprint density at radius 1 is 1.10 bits per heavy atom. The van der Waals surface area contributed by atoms with Crippen molar-refractivity contribution in [1.29, 1.82) is 0 Å². The van der Waals surface area contributed by atoms with Crippen molar-refractivity contribution in [1.82, 2.24) is 9.55 Å². The van der Waals surface area contributed by atoms with Crippen molar-refractivity contribution in [2.24, 2.45) is 7.05 Å². The van der Waals surface area contributed by atoms with E-state index in [-0.39, 0.29) is 38.8 Å². The molecule has 8 heteroatoms. The topological polar surface area (TPSA) is 135 Å². The summed E-state index contributed by atoms with van der Waals surface area (Å²) in [6.45, 7) is 3.44. The number of nitrogens with one attached hydrogen (secondary N) is 1. The third-order valence-corrected chi connectivity index (χ3v) is 5.24. The van der Waals surface area contributed by atoms with Crippen LogP contribution >= 0.6 is 0 Å². The first-order valence-corrected chi connectivity index (χ1v) is 9.33. The summed E-state index contributed by atoms with van der Waals surface area (Å²) in [6.07, 6.45) is 3.19. The molecule has 29 heavy (non-hydrogen) atoms. The molecule has 0 saturated carbocycles. The Bertz CT molecular complexity index is 1280. The molecule has 0 bridgehead atoms. The molecular formula is C21H20N2O6-2. The summed E-state index contributed by atoms with van der Waals surface area (Å²) in [5.41, 5.74) is -0.811. The van der Waals surface area contributed by atoms with Crippen LogP contribution in [0.4, 0.5) is 0 Å². The molecule has 0 radical (unpaired) electrons. The van der Waals surface area contributed by atoms with E-state index in [1.54, 1.807) is 6.07 Å². The number of nitrogens with zero attached hydrogens (tertiary/aromatic N) is 1. The predicted octanol–water partition coefficient (Wildman–Crippen LogP) is 0.148. The van der Waals surface area contributed by atoms with Crippen molar-refractivity contribution in [2.75, 3.05) is 0 Å². The van der Waals surface area contributed by atoms with Crippen LogP contribution in [0.25, 0.3) is 21.8 Å². The van der Waals surface area contributed by atoms with Crippen LogP contribution in [0, 0.1) is 6.92 Å². The maximum Gasteiger partial charge on any atom is 0.193 e. The molecule has 3 rings (SSSR count). The van der Waals surface area contributed by atoms with Crippen molar-refractivity contribution in [3.8, 4) is 0 Å². The molecule has 0 atom stereocenters. The largest absolute Gasteiger partial charge is 0.543 e. The fourth-order valence-corrected chi connectivity index (χ4v) is 3.84. The molecule has 0 fully saturated rings. The van der Waals surface area contributed by atoms with Crippen molar-refractivity contribution in [3.63, 3.8) is 0 Å². The van der Waals surface area contributed by atoms with Crippen LogP contribution in [-0.4, -0.2) is 21.5 Å². The monoisotopic (exact) mass is 396 g/mol. The smallest absolute Gasteiger partial charge is 0.193 e. The average Bonchev–Trinajstić information content (AvgIpc) is 2.65. The number of benzene rings is 1. The molecule has 3 aromatic rings. The minimum absolute atomic E-state index is 0.0154. The molecule has 0 spiro atoms. The highest BCUT2D eigenvalue weighted by molar-refractivity contribution is 6.08. The number of aromatic nitrogens is 2. The number of H-pyrrole nitrogens is 1. The Labute approximate surface area is 165 Å². The lowest BCUT2D eigenvalue weighted by atomic mass is 9.97. The Kier molecular flexibility index (Phi) is 5.28. The maximum absolute atomic E-state index is 12.9. The van der Waals surface area contributed by atoms with E-state index in [9.17, 15) is 29.4 Å². The number of carbonyl (C=O) groups excluding carboxylic acids is 2. The number of carboxylic acids is 2. The van der Waals surface area contributed by atoms with Gasteiger partial charge in [0.2, 0.25) is 0 Å². The first-order valence-electron chi connectivity index (χ1n) is 9.33. The van der Waals surface area contributed by atoms with E-state index in [1.165, 1.54) is 18.5 Å². The number of hydrogen-bond acceptors (Lipinski definition) is 6. The summed E-state index contributed by atoms with van der Waals surface area (Å²) in [7, 11) is 1.43. The number of pyridine rings is 2. The Morgan fingerprint density at radius 2 is 1.79 bits per heavy atom. The van der Waals surface area contributed by atoms with E-state index in [2.05, 4.69) is 4.98 Å². The number of aromatic carboxylic acids is 2. The van der Waals surface area contributed by atoms with E-state index in [1.807, 2.05) is 6.92 Å². The zero-order chi connectivity index (χ0) is 21.5. The molecule has 0 aliphatic carbocycles. The summed E-state index contributed by atoms with van der Waals surface area (Å²) >= 11 is 0. The third-order valence-electron chi connectivity index (χ3n) is 5.24. The lowest BCUT2D eigenvalue weighted by Crippen LogP contribution is -2.31. The SMILES string of the molecule is CCCCCc1cc2c(=O)c(C)c(C(=O)[O-])n(C)c2c2c(=O)cc(C(=O)[O-])[nH]c12. The predicted molar refractivity (Wildman–Crippen MR) is 104 cm³/mol. The van der Waals surface area contributed by atoms with E-state index >= 15 is 0 Å². The second-order valence-electron chi connectivity index (χ2n) is 7.12. The van der Waals surface area contributed by atoms with Gasteiger partial charge in [0.25, 0.3) is 0 Å². The number of aromatic amines is 1. The van der Waals surface area contributed by atoms with Crippen LogP contribution in [0.15, 0.2) is 21.7 Å². The second-order valence-corrected chi connectivity index (χ2v) is 7.12. The standard InChI is InChI=1S/C21H22N2O6/c1-4-5-6-7-11-8-12-18(23(3)17(21(28)29)10(2)19(12)25)15-14(24)9-13(20(26)27)22-16(11)15/h8-9H,4-7H2,1-3H3,(H,22,24)(H,26,27)(H,28,29)/p-2. The summed E-state index contributed by atoms with van der Waals surface area (Å²) in [5.74, 6) is -3.07. The second kappa shape index (κ2) is 7.54. The number of aryl methyl sites for hydroxylation is 2. The van der Waals surface area contributed by atoms with E-state index in [0.717, 1.165) is 25.3 Å². The Morgan fingerprint density at radius 3 is 2.38 bits per heavy atom. The molecule has 2 aromatic heterocycles. The average molecular weight is 396 g/mol. The normalized spacial score (nSPS) is 11.3. The van der Waals surface area contributed by atoms with Gasteiger partial charge in [-0.2, -0.15) is 0 Å². The van der Waals surface area contributed by atoms with Gasteiger partial charge in [0, 0.05) is 24.1 Å². The molecule has 1 aromatic carbocycles. The quantitative estimate of drug-likeness (QED) is 0.465. The zero-order valence-electron chi connectivity index (χ0n) is 16.4. The summed E-state index contributed by atoms with van der Waals surface area (Å²) in [5, 5.41) is 23.2. The van der Waals surface area contributed by atoms with Crippen LogP contribution in [0.2, 0.25) is 0 Å². The zero-order valence-corrected chi connectivity index (χ0v) is 16.4. The fraction of sp³-hybridized carbons (Fsp3) is 0.333. The summed E-state index contributed by atoms with van der Waals surface area (Å²) < 4.78 is 1.24. The maximum atomic E-state index is 12.9. The highest BCUT2D eigenvalue weighted by atomic mass is 16.4. The van der Waals surface area contributed by atoms with Crippen LogP contribution in [0.3, 0.4) is 0 Å².